The van der Waals surface area contributed by atoms with Crippen molar-refractivity contribution < 1.29 is 28.6 Å². The normalized spacial score (nSPS) is 14.3. The van der Waals surface area contributed by atoms with E-state index in [1.165, 1.54) is 25.5 Å². The van der Waals surface area contributed by atoms with Crippen LogP contribution < -0.4 is 20.2 Å². The highest BCUT2D eigenvalue weighted by Crippen LogP contribution is 2.30. The largest absolute Gasteiger partial charge is 0.493 e. The van der Waals surface area contributed by atoms with Crippen LogP contribution in [-0.4, -0.2) is 74.9 Å². The van der Waals surface area contributed by atoms with Gasteiger partial charge < -0.3 is 24.4 Å². The highest BCUT2D eigenvalue weighted by molar-refractivity contribution is 6.36. The second kappa shape index (κ2) is 14.0. The summed E-state index contributed by atoms with van der Waals surface area (Å²) in [5.41, 5.74) is 3.13. The Bertz CT molecular complexity index is 1180. The molecule has 0 saturated carbocycles. The summed E-state index contributed by atoms with van der Waals surface area (Å²) in [5, 5.41) is 7.30. The van der Waals surface area contributed by atoms with Gasteiger partial charge in [0.1, 0.15) is 6.04 Å². The van der Waals surface area contributed by atoms with Crippen molar-refractivity contribution in [1.82, 2.24) is 15.6 Å². The Balaban J connectivity index is 1.67. The van der Waals surface area contributed by atoms with Crippen molar-refractivity contribution >= 4 is 47.1 Å². The number of methoxy groups -OCH3 is 1. The molecule has 12 heteroatoms. The van der Waals surface area contributed by atoms with Crippen molar-refractivity contribution in [1.29, 1.82) is 0 Å². The summed E-state index contributed by atoms with van der Waals surface area (Å²) in [6.07, 6.45) is 1.38. The minimum absolute atomic E-state index is 0.174. The number of hydrogen-bond acceptors (Lipinski definition) is 7. The number of carbonyl (C=O) groups excluding carboxylic acids is 3. The lowest BCUT2D eigenvalue weighted by molar-refractivity contribution is -0.137. The number of rotatable bonds is 10. The number of halogens is 2. The van der Waals surface area contributed by atoms with Gasteiger partial charge in [-0.05, 0) is 36.2 Å². The lowest BCUT2D eigenvalue weighted by atomic mass is 10.0. The fourth-order valence-electron chi connectivity index (χ4n) is 3.65. The Morgan fingerprint density at radius 3 is 2.55 bits per heavy atom. The van der Waals surface area contributed by atoms with E-state index in [-0.39, 0.29) is 29.0 Å². The zero-order valence-corrected chi connectivity index (χ0v) is 22.8. The summed E-state index contributed by atoms with van der Waals surface area (Å²) in [4.78, 5) is 39.8. The van der Waals surface area contributed by atoms with E-state index in [2.05, 4.69) is 15.8 Å². The van der Waals surface area contributed by atoms with E-state index in [1.54, 1.807) is 43.0 Å². The number of para-hydroxylation sites is 1. The minimum atomic E-state index is -0.890. The number of benzene rings is 2. The van der Waals surface area contributed by atoms with Gasteiger partial charge in [0.15, 0.2) is 18.1 Å². The van der Waals surface area contributed by atoms with Gasteiger partial charge in [0, 0.05) is 23.7 Å². The van der Waals surface area contributed by atoms with E-state index >= 15 is 0 Å². The molecule has 2 aromatic carbocycles. The number of amides is 3. The second-order valence-electron chi connectivity index (χ2n) is 8.71. The molecule has 1 saturated heterocycles. The first-order chi connectivity index (χ1) is 18.2. The summed E-state index contributed by atoms with van der Waals surface area (Å²) < 4.78 is 16.5. The Hall–Kier alpha value is -3.34. The predicted molar refractivity (Wildman–Crippen MR) is 144 cm³/mol. The van der Waals surface area contributed by atoms with Gasteiger partial charge >= 0.3 is 0 Å². The van der Waals surface area contributed by atoms with Crippen LogP contribution in [0.15, 0.2) is 41.5 Å². The molecule has 1 heterocycles. The molecule has 204 valence electrons. The molecular formula is C26H30Cl2N4O6. The molecule has 0 bridgehead atoms. The Kier molecular flexibility index (Phi) is 10.8. The first-order valence-electron chi connectivity index (χ1n) is 12.0. The molecule has 1 unspecified atom stereocenters. The Morgan fingerprint density at radius 2 is 1.89 bits per heavy atom. The molecule has 10 nitrogen and oxygen atoms in total. The van der Waals surface area contributed by atoms with Crippen LogP contribution in [0, 0.1) is 5.92 Å². The summed E-state index contributed by atoms with van der Waals surface area (Å²) in [5.74, 6) is -0.753. The molecule has 1 fully saturated rings. The van der Waals surface area contributed by atoms with Gasteiger partial charge in [-0.25, -0.2) is 5.43 Å². The number of ether oxygens (including phenoxy) is 3. The third-order valence-corrected chi connectivity index (χ3v) is 6.27. The maximum Gasteiger partial charge on any atom is 0.262 e. The lowest BCUT2D eigenvalue weighted by Gasteiger charge is -2.27. The van der Waals surface area contributed by atoms with Crippen molar-refractivity contribution in [2.24, 2.45) is 11.0 Å². The lowest BCUT2D eigenvalue weighted by Crippen LogP contribution is -2.48. The fraction of sp³-hybridized carbons (Fsp3) is 0.385. The molecule has 1 aliphatic heterocycles. The topological polar surface area (TPSA) is 119 Å². The van der Waals surface area contributed by atoms with Gasteiger partial charge in [0.25, 0.3) is 17.7 Å². The summed E-state index contributed by atoms with van der Waals surface area (Å²) in [7, 11) is 1.48. The van der Waals surface area contributed by atoms with Gasteiger partial charge in [-0.1, -0.05) is 43.1 Å². The van der Waals surface area contributed by atoms with E-state index in [0.717, 1.165) is 0 Å². The van der Waals surface area contributed by atoms with Gasteiger partial charge in [-0.15, -0.1) is 0 Å². The maximum atomic E-state index is 12.9. The molecule has 1 aliphatic rings. The van der Waals surface area contributed by atoms with E-state index < -0.39 is 17.9 Å². The average Bonchev–Trinajstić information content (AvgIpc) is 2.90. The molecule has 0 aliphatic carbocycles. The predicted octanol–water partition coefficient (Wildman–Crippen LogP) is 3.14. The zero-order valence-electron chi connectivity index (χ0n) is 21.3. The van der Waals surface area contributed by atoms with Crippen LogP contribution >= 0.6 is 23.2 Å². The second-order valence-corrected chi connectivity index (χ2v) is 9.56. The quantitative estimate of drug-likeness (QED) is 0.338. The molecule has 0 aromatic heterocycles. The first-order valence-corrected chi connectivity index (χ1v) is 12.7. The van der Waals surface area contributed by atoms with Crippen LogP contribution in [0.25, 0.3) is 0 Å². The third-order valence-electron chi connectivity index (χ3n) is 5.72. The van der Waals surface area contributed by atoms with Gasteiger partial charge in [-0.2, -0.15) is 5.10 Å². The van der Waals surface area contributed by atoms with Crippen LogP contribution in [0.1, 0.15) is 29.8 Å². The number of morpholine rings is 1. The van der Waals surface area contributed by atoms with E-state index in [4.69, 9.17) is 37.4 Å². The molecule has 2 N–H and O–H groups in total. The minimum Gasteiger partial charge on any atom is -0.493 e. The number of hydrazone groups is 1. The Morgan fingerprint density at radius 1 is 1.16 bits per heavy atom. The highest BCUT2D eigenvalue weighted by atomic mass is 35.5. The molecule has 3 rings (SSSR count). The molecule has 1 atom stereocenters. The van der Waals surface area contributed by atoms with Crippen LogP contribution in [0.5, 0.6) is 11.5 Å². The van der Waals surface area contributed by atoms with Gasteiger partial charge in [-0.3, -0.25) is 14.4 Å². The standard InChI is InChI=1S/C26H30Cl2N4O6/c1-16(2)23(30-25(34)19-8-7-18(27)13-20(19)28)26(35)31-29-14-17-5-4-6-21(36-3)24(17)38-15-22(33)32-9-11-37-12-10-32/h4-8,13-14,16,23H,9-12,15H2,1-3H3,(H,30,34)(H,31,35). The molecule has 38 heavy (non-hydrogen) atoms. The summed E-state index contributed by atoms with van der Waals surface area (Å²) >= 11 is 12.0. The van der Waals surface area contributed by atoms with E-state index in [9.17, 15) is 14.4 Å². The van der Waals surface area contributed by atoms with Crippen molar-refractivity contribution in [3.63, 3.8) is 0 Å². The Labute approximate surface area is 231 Å². The SMILES string of the molecule is COc1cccc(C=NNC(=O)C(NC(=O)c2ccc(Cl)cc2Cl)C(C)C)c1OCC(=O)N1CCOCC1. The number of carbonyl (C=O) groups is 3. The van der Waals surface area contributed by atoms with Crippen molar-refractivity contribution in [2.75, 3.05) is 40.0 Å². The average molecular weight is 565 g/mol. The van der Waals surface area contributed by atoms with Gasteiger partial charge in [0.05, 0.1) is 37.1 Å². The summed E-state index contributed by atoms with van der Waals surface area (Å²) in [6, 6.07) is 8.72. The van der Waals surface area contributed by atoms with Crippen molar-refractivity contribution in [2.45, 2.75) is 19.9 Å². The molecule has 2 aromatic rings. The van der Waals surface area contributed by atoms with Crippen LogP contribution in [0.4, 0.5) is 0 Å². The molecular weight excluding hydrogens is 535 g/mol. The summed E-state index contributed by atoms with van der Waals surface area (Å²) in [6.45, 7) is 5.38. The highest BCUT2D eigenvalue weighted by Gasteiger charge is 2.25. The number of nitrogens with zero attached hydrogens (tertiary/aromatic N) is 2. The first kappa shape index (κ1) is 29.2. The molecule has 0 radical (unpaired) electrons. The number of hydrogen-bond donors (Lipinski definition) is 2. The third kappa shape index (κ3) is 7.83. The number of nitrogens with one attached hydrogen (secondary N) is 2. The van der Waals surface area contributed by atoms with E-state index in [1.807, 2.05) is 0 Å². The van der Waals surface area contributed by atoms with Crippen molar-refractivity contribution in [3.05, 3.63) is 57.6 Å². The maximum absolute atomic E-state index is 12.9. The monoisotopic (exact) mass is 564 g/mol. The van der Waals surface area contributed by atoms with Crippen LogP contribution in [0.2, 0.25) is 10.0 Å². The van der Waals surface area contributed by atoms with Crippen molar-refractivity contribution in [3.8, 4) is 11.5 Å². The smallest absolute Gasteiger partial charge is 0.262 e. The van der Waals surface area contributed by atoms with Gasteiger partial charge in [0.2, 0.25) is 0 Å². The van der Waals surface area contributed by atoms with Crippen LogP contribution in [-0.2, 0) is 14.3 Å². The van der Waals surface area contributed by atoms with E-state index in [0.29, 0.717) is 48.4 Å². The molecule has 3 amide bonds. The van der Waals surface area contributed by atoms with Crippen LogP contribution in [0.3, 0.4) is 0 Å². The fourth-order valence-corrected chi connectivity index (χ4v) is 4.14. The zero-order chi connectivity index (χ0) is 27.7. The molecule has 0 spiro atoms.